The molecule has 27 heavy (non-hydrogen) atoms. The molecule has 0 atom stereocenters. The van der Waals surface area contributed by atoms with Crippen molar-refractivity contribution >= 4 is 35.5 Å². The Hall–Kier alpha value is -2.92. The Morgan fingerprint density at radius 3 is 2.07 bits per heavy atom. The summed E-state index contributed by atoms with van der Waals surface area (Å²) in [7, 11) is 2.74. The minimum absolute atomic E-state index is 0.0152. The molecule has 0 bridgehead atoms. The summed E-state index contributed by atoms with van der Waals surface area (Å²) in [6.07, 6.45) is 3.12. The highest BCUT2D eigenvalue weighted by Gasteiger charge is 2.37. The van der Waals surface area contributed by atoms with Gasteiger partial charge in [-0.2, -0.15) is 0 Å². The molecule has 2 aromatic rings. The van der Waals surface area contributed by atoms with Crippen LogP contribution in [0.3, 0.4) is 0 Å². The summed E-state index contributed by atoms with van der Waals surface area (Å²) in [5.74, 6) is -1.17. The SMILES string of the molecule is CN1C(=O)C(=Cc2ccccc2CCc2ccc(Cl)cc2)C(=O)N(C)C1=O. The van der Waals surface area contributed by atoms with Crippen molar-refractivity contribution in [1.29, 1.82) is 0 Å². The van der Waals surface area contributed by atoms with E-state index in [0.29, 0.717) is 5.02 Å². The predicted molar refractivity (Wildman–Crippen MR) is 104 cm³/mol. The fourth-order valence-corrected chi connectivity index (χ4v) is 3.09. The average Bonchev–Trinajstić information content (AvgIpc) is 2.68. The first-order valence-electron chi connectivity index (χ1n) is 8.52. The van der Waals surface area contributed by atoms with Crippen LogP contribution < -0.4 is 0 Å². The molecule has 1 fully saturated rings. The number of hydrogen-bond donors (Lipinski definition) is 0. The van der Waals surface area contributed by atoms with Gasteiger partial charge >= 0.3 is 6.03 Å². The third-order valence-electron chi connectivity index (χ3n) is 4.60. The molecule has 0 N–H and O–H groups in total. The molecule has 0 unspecified atom stereocenters. The molecule has 0 saturated carbocycles. The highest BCUT2D eigenvalue weighted by Crippen LogP contribution is 2.21. The largest absolute Gasteiger partial charge is 0.333 e. The molecule has 3 rings (SSSR count). The number of nitrogens with zero attached hydrogens (tertiary/aromatic N) is 2. The first-order chi connectivity index (χ1) is 12.9. The second-order valence-electron chi connectivity index (χ2n) is 6.39. The number of barbiturate groups is 1. The van der Waals surface area contributed by atoms with Crippen LogP contribution in [0.15, 0.2) is 54.1 Å². The number of rotatable bonds is 4. The summed E-state index contributed by atoms with van der Waals surface area (Å²) in [5, 5.41) is 0.695. The third-order valence-corrected chi connectivity index (χ3v) is 4.85. The molecule has 0 aliphatic carbocycles. The summed E-state index contributed by atoms with van der Waals surface area (Å²) in [6.45, 7) is 0. The summed E-state index contributed by atoms with van der Waals surface area (Å²) in [6, 6.07) is 14.7. The number of likely N-dealkylation sites (N-methyl/N-ethyl adjacent to an activating group) is 2. The molecular formula is C21H19ClN2O3. The van der Waals surface area contributed by atoms with Crippen LogP contribution in [0.1, 0.15) is 16.7 Å². The summed E-state index contributed by atoms with van der Waals surface area (Å²) < 4.78 is 0. The van der Waals surface area contributed by atoms with Crippen LogP contribution in [0, 0.1) is 0 Å². The molecule has 0 radical (unpaired) electrons. The number of benzene rings is 2. The highest BCUT2D eigenvalue weighted by atomic mass is 35.5. The van der Waals surface area contributed by atoms with Crippen molar-refractivity contribution in [1.82, 2.24) is 9.80 Å². The Labute approximate surface area is 162 Å². The molecule has 0 aromatic heterocycles. The smallest absolute Gasteiger partial charge is 0.268 e. The molecule has 1 aliphatic rings. The van der Waals surface area contributed by atoms with Gasteiger partial charge in [-0.1, -0.05) is 48.0 Å². The van der Waals surface area contributed by atoms with Gasteiger partial charge in [0, 0.05) is 19.1 Å². The number of urea groups is 1. The van der Waals surface area contributed by atoms with Gasteiger partial charge in [0.25, 0.3) is 11.8 Å². The van der Waals surface area contributed by atoms with Gasteiger partial charge in [-0.25, -0.2) is 4.79 Å². The monoisotopic (exact) mass is 382 g/mol. The van der Waals surface area contributed by atoms with E-state index < -0.39 is 17.8 Å². The minimum atomic E-state index is -0.627. The van der Waals surface area contributed by atoms with E-state index in [9.17, 15) is 14.4 Å². The number of carbonyl (C=O) groups excluding carboxylic acids is 3. The van der Waals surface area contributed by atoms with Crippen LogP contribution in [-0.4, -0.2) is 41.7 Å². The van der Waals surface area contributed by atoms with Gasteiger partial charge in [-0.15, -0.1) is 0 Å². The van der Waals surface area contributed by atoms with Crippen molar-refractivity contribution in [3.63, 3.8) is 0 Å². The Morgan fingerprint density at radius 2 is 1.44 bits per heavy atom. The molecule has 2 aromatic carbocycles. The normalized spacial score (nSPS) is 14.8. The van der Waals surface area contributed by atoms with Gasteiger partial charge in [0.15, 0.2) is 0 Å². The molecule has 5 nitrogen and oxygen atoms in total. The topological polar surface area (TPSA) is 57.7 Å². The van der Waals surface area contributed by atoms with Crippen LogP contribution in [0.25, 0.3) is 6.08 Å². The lowest BCUT2D eigenvalue weighted by Gasteiger charge is -2.29. The molecule has 0 spiro atoms. The van der Waals surface area contributed by atoms with E-state index in [0.717, 1.165) is 39.3 Å². The Kier molecular flexibility index (Phi) is 5.42. The van der Waals surface area contributed by atoms with Crippen molar-refractivity contribution in [3.05, 3.63) is 75.8 Å². The van der Waals surface area contributed by atoms with E-state index in [4.69, 9.17) is 11.6 Å². The summed E-state index contributed by atoms with van der Waals surface area (Å²) in [5.41, 5.74) is 2.94. The lowest BCUT2D eigenvalue weighted by Crippen LogP contribution is -2.52. The maximum atomic E-state index is 12.4. The fraction of sp³-hybridized carbons (Fsp3) is 0.190. The van der Waals surface area contributed by atoms with Crippen molar-refractivity contribution in [2.24, 2.45) is 0 Å². The van der Waals surface area contributed by atoms with Gasteiger partial charge < -0.3 is 0 Å². The van der Waals surface area contributed by atoms with Crippen molar-refractivity contribution in [2.45, 2.75) is 12.8 Å². The first kappa shape index (κ1) is 18.9. The Morgan fingerprint density at radius 1 is 0.852 bits per heavy atom. The molecule has 1 saturated heterocycles. The predicted octanol–water partition coefficient (Wildman–Crippen LogP) is 3.56. The lowest BCUT2D eigenvalue weighted by atomic mass is 9.97. The number of hydrogen-bond acceptors (Lipinski definition) is 3. The lowest BCUT2D eigenvalue weighted by molar-refractivity contribution is -0.134. The maximum Gasteiger partial charge on any atom is 0.333 e. The summed E-state index contributed by atoms with van der Waals surface area (Å²) >= 11 is 5.92. The van der Waals surface area contributed by atoms with E-state index in [2.05, 4.69) is 0 Å². The molecule has 1 aliphatic heterocycles. The maximum absolute atomic E-state index is 12.4. The third kappa shape index (κ3) is 3.93. The second-order valence-corrected chi connectivity index (χ2v) is 6.83. The van der Waals surface area contributed by atoms with Gasteiger partial charge in [-0.3, -0.25) is 19.4 Å². The second kappa shape index (κ2) is 7.76. The van der Waals surface area contributed by atoms with Gasteiger partial charge in [-0.05, 0) is 47.7 Å². The van der Waals surface area contributed by atoms with Crippen LogP contribution in [-0.2, 0) is 22.4 Å². The average molecular weight is 383 g/mol. The van der Waals surface area contributed by atoms with Crippen molar-refractivity contribution in [3.8, 4) is 0 Å². The zero-order chi connectivity index (χ0) is 19.6. The molecule has 1 heterocycles. The number of amides is 4. The van der Waals surface area contributed by atoms with E-state index in [1.54, 1.807) is 6.08 Å². The summed E-state index contributed by atoms with van der Waals surface area (Å²) in [4.78, 5) is 38.6. The minimum Gasteiger partial charge on any atom is -0.268 e. The highest BCUT2D eigenvalue weighted by molar-refractivity contribution is 6.31. The van der Waals surface area contributed by atoms with E-state index in [-0.39, 0.29) is 5.57 Å². The van der Waals surface area contributed by atoms with Gasteiger partial charge in [0.05, 0.1) is 0 Å². The van der Waals surface area contributed by atoms with Crippen LogP contribution in [0.2, 0.25) is 5.02 Å². The van der Waals surface area contributed by atoms with Crippen LogP contribution in [0.4, 0.5) is 4.79 Å². The van der Waals surface area contributed by atoms with Gasteiger partial charge in [0.1, 0.15) is 5.57 Å². The van der Waals surface area contributed by atoms with Gasteiger partial charge in [0.2, 0.25) is 0 Å². The molecular weight excluding hydrogens is 364 g/mol. The van der Waals surface area contributed by atoms with E-state index in [1.165, 1.54) is 14.1 Å². The zero-order valence-corrected chi connectivity index (χ0v) is 15.9. The first-order valence-corrected chi connectivity index (χ1v) is 8.90. The quantitative estimate of drug-likeness (QED) is 0.600. The van der Waals surface area contributed by atoms with Crippen molar-refractivity contribution in [2.75, 3.05) is 14.1 Å². The Balaban J connectivity index is 1.88. The van der Waals surface area contributed by atoms with Crippen LogP contribution in [0.5, 0.6) is 0 Å². The number of halogens is 1. The molecule has 138 valence electrons. The fourth-order valence-electron chi connectivity index (χ4n) is 2.96. The number of imide groups is 2. The zero-order valence-electron chi connectivity index (χ0n) is 15.1. The standard InChI is InChI=1S/C21H19ClN2O3/c1-23-19(25)18(20(26)24(2)21(23)27)13-16-6-4-3-5-15(16)10-7-14-8-11-17(22)12-9-14/h3-6,8-9,11-13H,7,10H2,1-2H3. The number of carbonyl (C=O) groups is 3. The van der Waals surface area contributed by atoms with Crippen LogP contribution >= 0.6 is 11.6 Å². The van der Waals surface area contributed by atoms with E-state index in [1.807, 2.05) is 48.5 Å². The molecule has 4 amide bonds. The van der Waals surface area contributed by atoms with E-state index >= 15 is 0 Å². The Bertz CT molecular complexity index is 909. The number of aryl methyl sites for hydroxylation is 2. The van der Waals surface area contributed by atoms with Crippen molar-refractivity contribution < 1.29 is 14.4 Å². The molecule has 6 heteroatoms.